The Balaban J connectivity index is 1.52. The average molecular weight is 513 g/mol. The number of hydrogen-bond donors (Lipinski definition) is 1. The summed E-state index contributed by atoms with van der Waals surface area (Å²) in [5.41, 5.74) is 1.18. The fourth-order valence-electron chi connectivity index (χ4n) is 3.90. The van der Waals surface area contributed by atoms with Crippen molar-refractivity contribution in [2.24, 2.45) is 0 Å². The molecule has 0 saturated carbocycles. The first-order chi connectivity index (χ1) is 17.4. The van der Waals surface area contributed by atoms with Crippen molar-refractivity contribution in [3.63, 3.8) is 0 Å². The van der Waals surface area contributed by atoms with Crippen molar-refractivity contribution in [2.45, 2.75) is 25.8 Å². The molecule has 1 aromatic heterocycles. The molecule has 0 aliphatic carbocycles. The Hall–Kier alpha value is -3.66. The number of amides is 1. The first-order valence-electron chi connectivity index (χ1n) is 11.5. The molecule has 1 amide bonds. The van der Waals surface area contributed by atoms with Crippen LogP contribution >= 0.6 is 11.8 Å². The van der Waals surface area contributed by atoms with Gasteiger partial charge in [-0.25, -0.2) is 0 Å². The van der Waals surface area contributed by atoms with Crippen LogP contribution in [0.2, 0.25) is 0 Å². The molecule has 0 radical (unpaired) electrons. The lowest BCUT2D eigenvalue weighted by atomic mass is 10.0. The molecule has 0 bridgehead atoms. The van der Waals surface area contributed by atoms with Crippen molar-refractivity contribution in [1.82, 2.24) is 5.32 Å². The lowest BCUT2D eigenvalue weighted by molar-refractivity contribution is -0.308. The van der Waals surface area contributed by atoms with Gasteiger partial charge >= 0.3 is 0 Å². The topological polar surface area (TPSA) is 127 Å². The van der Waals surface area contributed by atoms with Crippen molar-refractivity contribution >= 4 is 34.6 Å². The fourth-order valence-corrected chi connectivity index (χ4v) is 4.37. The van der Waals surface area contributed by atoms with Gasteiger partial charge in [0, 0.05) is 12.5 Å². The molecule has 2 aromatic carbocycles. The molecule has 3 aromatic rings. The van der Waals surface area contributed by atoms with Gasteiger partial charge < -0.3 is 33.8 Å². The monoisotopic (exact) mass is 512 g/mol. The molecule has 0 unspecified atom stereocenters. The summed E-state index contributed by atoms with van der Waals surface area (Å²) in [6.45, 7) is 2.42. The molecule has 0 spiro atoms. The van der Waals surface area contributed by atoms with Crippen LogP contribution in [0.4, 0.5) is 0 Å². The minimum Gasteiger partial charge on any atom is -0.548 e. The van der Waals surface area contributed by atoms with Crippen LogP contribution in [0.5, 0.6) is 17.2 Å². The van der Waals surface area contributed by atoms with Gasteiger partial charge in [-0.05, 0) is 55.2 Å². The molecule has 1 N–H and O–H groups in total. The van der Waals surface area contributed by atoms with E-state index in [0.717, 1.165) is 6.42 Å². The summed E-state index contributed by atoms with van der Waals surface area (Å²) in [4.78, 5) is 36.7. The number of aliphatic carboxylic acids is 1. The molecule has 1 aliphatic rings. The van der Waals surface area contributed by atoms with Crippen molar-refractivity contribution < 1.29 is 33.3 Å². The van der Waals surface area contributed by atoms with Crippen molar-refractivity contribution in [3.05, 3.63) is 52.4 Å². The van der Waals surface area contributed by atoms with Gasteiger partial charge in [0.05, 0.1) is 36.2 Å². The third kappa shape index (κ3) is 5.76. The van der Waals surface area contributed by atoms with Gasteiger partial charge in [0.1, 0.15) is 17.1 Å². The Morgan fingerprint density at radius 1 is 1.14 bits per heavy atom. The van der Waals surface area contributed by atoms with E-state index in [1.807, 2.05) is 6.26 Å². The molecule has 1 atom stereocenters. The Bertz CT molecular complexity index is 1340. The molecule has 36 heavy (non-hydrogen) atoms. The number of hydrogen-bond acceptors (Lipinski definition) is 9. The van der Waals surface area contributed by atoms with Crippen molar-refractivity contribution in [2.75, 3.05) is 31.8 Å². The summed E-state index contributed by atoms with van der Waals surface area (Å²) in [5, 5.41) is 14.0. The van der Waals surface area contributed by atoms with Crippen molar-refractivity contribution in [3.8, 4) is 28.4 Å². The van der Waals surface area contributed by atoms with E-state index in [2.05, 4.69) is 5.32 Å². The van der Waals surface area contributed by atoms with Crippen LogP contribution in [0.1, 0.15) is 18.6 Å². The summed E-state index contributed by atoms with van der Waals surface area (Å²) in [5.74, 6) is 0.579. The molecule has 0 fully saturated rings. The predicted molar refractivity (Wildman–Crippen MR) is 134 cm³/mol. The molecule has 1 aliphatic heterocycles. The maximum absolute atomic E-state index is 13.3. The molecule has 0 saturated heterocycles. The number of carboxylic acid groups (broad SMARTS) is 1. The SMILES string of the molecule is CSCC[C@@H](NC(=O)COc1ccc2c(=O)c(-c3ccc4c(c3)OCCCO4)c(C)oc2c1)C(=O)[O-]. The number of thioether (sulfide) groups is 1. The molecule has 10 heteroatoms. The zero-order valence-electron chi connectivity index (χ0n) is 20.0. The Morgan fingerprint density at radius 2 is 1.92 bits per heavy atom. The highest BCUT2D eigenvalue weighted by Crippen LogP contribution is 2.35. The third-order valence-electron chi connectivity index (χ3n) is 5.68. The van der Waals surface area contributed by atoms with Gasteiger partial charge in [0.2, 0.25) is 5.43 Å². The van der Waals surface area contributed by atoms with Gasteiger partial charge in [0.15, 0.2) is 18.1 Å². The average Bonchev–Trinajstić information content (AvgIpc) is 3.10. The zero-order valence-corrected chi connectivity index (χ0v) is 20.8. The predicted octanol–water partition coefficient (Wildman–Crippen LogP) is 2.30. The number of ether oxygens (including phenoxy) is 3. The zero-order chi connectivity index (χ0) is 25.7. The summed E-state index contributed by atoms with van der Waals surface area (Å²) >= 11 is 1.47. The Morgan fingerprint density at radius 3 is 2.67 bits per heavy atom. The van der Waals surface area contributed by atoms with Crippen LogP contribution in [-0.2, 0) is 9.59 Å². The van der Waals surface area contributed by atoms with E-state index in [9.17, 15) is 19.5 Å². The summed E-state index contributed by atoms with van der Waals surface area (Å²) in [6, 6.07) is 8.93. The standard InChI is InChI=1S/C26H27NO8S/c1-15-24(16-4-7-20-22(12-16)33-10-3-9-32-20)25(29)18-6-5-17(13-21(18)35-15)34-14-23(28)27-19(26(30)31)8-11-36-2/h4-7,12-13,19H,3,8-11,14H2,1-2H3,(H,27,28)(H,30,31)/p-1/t19-/m1/s1. The maximum atomic E-state index is 13.3. The molecular weight excluding hydrogens is 486 g/mol. The second-order valence-corrected chi connectivity index (χ2v) is 9.23. The first kappa shape index (κ1) is 25.4. The summed E-state index contributed by atoms with van der Waals surface area (Å²) < 4.78 is 22.9. The molecule has 2 heterocycles. The van der Waals surface area contributed by atoms with Gasteiger partial charge in [0.25, 0.3) is 5.91 Å². The second kappa shape index (κ2) is 11.4. The number of nitrogens with one attached hydrogen (secondary N) is 1. The number of carbonyl (C=O) groups is 2. The fraction of sp³-hybridized carbons (Fsp3) is 0.346. The van der Waals surface area contributed by atoms with E-state index in [4.69, 9.17) is 18.6 Å². The Kier molecular flexibility index (Phi) is 8.04. The highest BCUT2D eigenvalue weighted by molar-refractivity contribution is 7.98. The highest BCUT2D eigenvalue weighted by Gasteiger charge is 2.18. The van der Waals surface area contributed by atoms with E-state index in [-0.39, 0.29) is 11.8 Å². The molecule has 190 valence electrons. The number of benzene rings is 2. The molecule has 9 nitrogen and oxygen atoms in total. The molecule has 4 rings (SSSR count). The van der Waals surface area contributed by atoms with E-state index >= 15 is 0 Å². The quantitative estimate of drug-likeness (QED) is 0.459. The number of aryl methyl sites for hydroxylation is 1. The summed E-state index contributed by atoms with van der Waals surface area (Å²) in [6.07, 6.45) is 2.88. The van der Waals surface area contributed by atoms with Gasteiger partial charge in [-0.2, -0.15) is 11.8 Å². The third-order valence-corrected chi connectivity index (χ3v) is 6.32. The van der Waals surface area contributed by atoms with E-state index < -0.39 is 24.5 Å². The molecular formula is C26H26NO8S-. The lowest BCUT2D eigenvalue weighted by Crippen LogP contribution is -2.49. The van der Waals surface area contributed by atoms with Gasteiger partial charge in [-0.1, -0.05) is 6.07 Å². The minimum atomic E-state index is -1.34. The summed E-state index contributed by atoms with van der Waals surface area (Å²) in [7, 11) is 0. The van der Waals surface area contributed by atoms with Crippen LogP contribution in [0.3, 0.4) is 0 Å². The van der Waals surface area contributed by atoms with Crippen LogP contribution in [0, 0.1) is 6.92 Å². The maximum Gasteiger partial charge on any atom is 0.258 e. The smallest absolute Gasteiger partial charge is 0.258 e. The van der Waals surface area contributed by atoms with Crippen LogP contribution in [0.15, 0.2) is 45.6 Å². The van der Waals surface area contributed by atoms with Crippen LogP contribution in [0.25, 0.3) is 22.1 Å². The number of carboxylic acids is 1. The van der Waals surface area contributed by atoms with Crippen molar-refractivity contribution in [1.29, 1.82) is 0 Å². The first-order valence-corrected chi connectivity index (χ1v) is 12.9. The number of fused-ring (bicyclic) bond motifs is 2. The van der Waals surface area contributed by atoms with Crippen LogP contribution < -0.4 is 30.1 Å². The van der Waals surface area contributed by atoms with Gasteiger partial charge in [-0.15, -0.1) is 0 Å². The van der Waals surface area contributed by atoms with E-state index in [0.29, 0.717) is 64.1 Å². The normalized spacial score (nSPS) is 13.6. The largest absolute Gasteiger partial charge is 0.548 e. The van der Waals surface area contributed by atoms with E-state index in [1.165, 1.54) is 17.8 Å². The minimum absolute atomic E-state index is 0.210. The number of rotatable bonds is 9. The lowest BCUT2D eigenvalue weighted by Gasteiger charge is -2.19. The van der Waals surface area contributed by atoms with E-state index in [1.54, 1.807) is 37.3 Å². The van der Waals surface area contributed by atoms with Crippen LogP contribution in [-0.4, -0.2) is 49.7 Å². The second-order valence-electron chi connectivity index (χ2n) is 8.24. The highest BCUT2D eigenvalue weighted by atomic mass is 32.2. The van der Waals surface area contributed by atoms with Gasteiger partial charge in [-0.3, -0.25) is 9.59 Å². The Labute approximate surface area is 211 Å². The number of carbonyl (C=O) groups excluding carboxylic acids is 2.